The second kappa shape index (κ2) is 4.43. The summed E-state index contributed by atoms with van der Waals surface area (Å²) in [4.78, 5) is 4.32. The van der Waals surface area contributed by atoms with E-state index in [2.05, 4.69) is 17.5 Å². The molecule has 1 heteroatoms. The van der Waals surface area contributed by atoms with Crippen molar-refractivity contribution in [1.29, 1.82) is 0 Å². The summed E-state index contributed by atoms with van der Waals surface area (Å²) in [6, 6.07) is 7.83. The molecule has 0 aliphatic heterocycles. The normalized spacial score (nSPS) is 10.8. The van der Waals surface area contributed by atoms with E-state index in [1.807, 2.05) is 38.1 Å². The maximum absolute atomic E-state index is 5.24. The van der Waals surface area contributed by atoms with Gasteiger partial charge >= 0.3 is 0 Å². The van der Waals surface area contributed by atoms with Gasteiger partial charge in [0.25, 0.3) is 0 Å². The largest absolute Gasteiger partial charge is 0.244 e. The Labute approximate surface area is 85.2 Å². The Balaban J connectivity index is 3.22. The molecule has 0 radical (unpaired) electrons. The van der Waals surface area contributed by atoms with E-state index in [9.17, 15) is 0 Å². The molecule has 0 aliphatic rings. The molecule has 0 fully saturated rings. The van der Waals surface area contributed by atoms with Crippen molar-refractivity contribution >= 4 is 17.0 Å². The number of allylic oxidation sites excluding steroid dienone is 1. The van der Waals surface area contributed by atoms with E-state index in [0.717, 1.165) is 16.8 Å². The summed E-state index contributed by atoms with van der Waals surface area (Å²) >= 11 is 0. The average molecular weight is 183 g/mol. The maximum Gasteiger partial charge on any atom is 0.0872 e. The smallest absolute Gasteiger partial charge is 0.0872 e. The van der Waals surface area contributed by atoms with E-state index in [4.69, 9.17) is 6.42 Å². The second-order valence-electron chi connectivity index (χ2n) is 3.14. The molecule has 1 aromatic rings. The molecule has 0 atom stereocenters. The summed E-state index contributed by atoms with van der Waals surface area (Å²) in [6.07, 6.45) is 5.24. The van der Waals surface area contributed by atoms with E-state index < -0.39 is 0 Å². The van der Waals surface area contributed by atoms with Crippen LogP contribution in [0.3, 0.4) is 0 Å². The molecule has 0 amide bonds. The number of hydrogen-bond acceptors (Lipinski definition) is 1. The van der Waals surface area contributed by atoms with Crippen LogP contribution < -0.4 is 0 Å². The lowest BCUT2D eigenvalue weighted by Crippen LogP contribution is -1.85. The van der Waals surface area contributed by atoms with Gasteiger partial charge in [0.05, 0.1) is 11.4 Å². The summed E-state index contributed by atoms with van der Waals surface area (Å²) in [5.74, 6) is 2.50. The summed E-state index contributed by atoms with van der Waals surface area (Å²) in [7, 11) is 0. The highest BCUT2D eigenvalue weighted by Crippen LogP contribution is 2.24. The first-order valence-electron chi connectivity index (χ1n) is 4.42. The van der Waals surface area contributed by atoms with Crippen LogP contribution in [-0.2, 0) is 0 Å². The Kier molecular flexibility index (Phi) is 3.25. The number of terminal acetylenes is 1. The number of nitrogens with zero attached hydrogens (tertiary/aromatic N) is 1. The minimum atomic E-state index is 0.679. The second-order valence-corrected chi connectivity index (χ2v) is 3.14. The minimum absolute atomic E-state index is 0.679. The molecule has 1 nitrogen and oxygen atoms in total. The van der Waals surface area contributed by atoms with Crippen LogP contribution in [0.1, 0.15) is 19.4 Å². The molecule has 0 saturated carbocycles. The molecule has 0 aliphatic carbocycles. The van der Waals surface area contributed by atoms with Crippen LogP contribution in [0.15, 0.2) is 35.8 Å². The van der Waals surface area contributed by atoms with Crippen molar-refractivity contribution in [3.05, 3.63) is 36.4 Å². The molecular weight excluding hydrogens is 170 g/mol. The zero-order valence-electron chi connectivity index (χ0n) is 8.54. The molecule has 0 heterocycles. The number of rotatable bonds is 2. The van der Waals surface area contributed by atoms with E-state index >= 15 is 0 Å². The highest BCUT2D eigenvalue weighted by molar-refractivity contribution is 6.00. The van der Waals surface area contributed by atoms with Gasteiger partial charge in [0, 0.05) is 5.56 Å². The average Bonchev–Trinajstić information content (AvgIpc) is 2.18. The predicted molar refractivity (Wildman–Crippen MR) is 62.8 cm³/mol. The van der Waals surface area contributed by atoms with Gasteiger partial charge in [-0.25, -0.2) is 4.99 Å². The van der Waals surface area contributed by atoms with E-state index in [-0.39, 0.29) is 0 Å². The van der Waals surface area contributed by atoms with Gasteiger partial charge in [0.1, 0.15) is 0 Å². The van der Waals surface area contributed by atoms with Crippen molar-refractivity contribution < 1.29 is 0 Å². The van der Waals surface area contributed by atoms with Crippen molar-refractivity contribution in [2.75, 3.05) is 0 Å². The Morgan fingerprint density at radius 3 is 2.57 bits per heavy atom. The van der Waals surface area contributed by atoms with Crippen LogP contribution >= 0.6 is 0 Å². The number of benzene rings is 1. The fourth-order valence-corrected chi connectivity index (χ4v) is 1.14. The third-order valence-electron chi connectivity index (χ3n) is 1.86. The third kappa shape index (κ3) is 2.34. The van der Waals surface area contributed by atoms with Crippen molar-refractivity contribution in [3.8, 4) is 12.3 Å². The molecule has 0 N–H and O–H groups in total. The SMILES string of the molecule is C#C/C(C)=N\c1ccccc1C(=C)C. The molecule has 0 unspecified atom stereocenters. The lowest BCUT2D eigenvalue weighted by molar-refractivity contribution is 1.46. The van der Waals surface area contributed by atoms with Gasteiger partial charge in [-0.15, -0.1) is 6.42 Å². The lowest BCUT2D eigenvalue weighted by atomic mass is 10.1. The first-order chi connectivity index (χ1) is 6.65. The Hall–Kier alpha value is -1.81. The fourth-order valence-electron chi connectivity index (χ4n) is 1.14. The minimum Gasteiger partial charge on any atom is -0.244 e. The van der Waals surface area contributed by atoms with Crippen LogP contribution in [0.4, 0.5) is 5.69 Å². The Morgan fingerprint density at radius 1 is 1.36 bits per heavy atom. The lowest BCUT2D eigenvalue weighted by Gasteiger charge is -2.03. The summed E-state index contributed by atoms with van der Waals surface area (Å²) < 4.78 is 0. The van der Waals surface area contributed by atoms with Crippen molar-refractivity contribution in [2.24, 2.45) is 4.99 Å². The molecule has 0 spiro atoms. The van der Waals surface area contributed by atoms with Crippen LogP contribution in [0, 0.1) is 12.3 Å². The zero-order chi connectivity index (χ0) is 10.6. The van der Waals surface area contributed by atoms with Crippen LogP contribution in [-0.4, -0.2) is 5.71 Å². The molecule has 0 bridgehead atoms. The highest BCUT2D eigenvalue weighted by atomic mass is 14.7. The van der Waals surface area contributed by atoms with Crippen LogP contribution in [0.5, 0.6) is 0 Å². The Morgan fingerprint density at radius 2 is 2.00 bits per heavy atom. The molecule has 0 saturated heterocycles. The highest BCUT2D eigenvalue weighted by Gasteiger charge is 2.00. The van der Waals surface area contributed by atoms with Crippen LogP contribution in [0.25, 0.3) is 5.57 Å². The number of aliphatic imine (C=N–C) groups is 1. The predicted octanol–water partition coefficient (Wildman–Crippen LogP) is 3.45. The summed E-state index contributed by atoms with van der Waals surface area (Å²) in [5, 5.41) is 0. The zero-order valence-corrected chi connectivity index (χ0v) is 8.54. The molecular formula is C13H13N. The first-order valence-corrected chi connectivity index (χ1v) is 4.42. The standard InChI is InChI=1S/C13H13N/c1-5-11(4)14-13-9-7-6-8-12(13)10(2)3/h1,6-9H,2H2,3-4H3/b14-11-. The van der Waals surface area contributed by atoms with Crippen LogP contribution in [0.2, 0.25) is 0 Å². The molecule has 1 rings (SSSR count). The number of para-hydroxylation sites is 1. The number of hydrogen-bond donors (Lipinski definition) is 0. The van der Waals surface area contributed by atoms with E-state index in [1.165, 1.54) is 0 Å². The quantitative estimate of drug-likeness (QED) is 0.492. The van der Waals surface area contributed by atoms with Gasteiger partial charge < -0.3 is 0 Å². The molecule has 0 aromatic heterocycles. The van der Waals surface area contributed by atoms with Crippen molar-refractivity contribution in [1.82, 2.24) is 0 Å². The topological polar surface area (TPSA) is 12.4 Å². The monoisotopic (exact) mass is 183 g/mol. The third-order valence-corrected chi connectivity index (χ3v) is 1.86. The Bertz CT molecular complexity index is 419. The summed E-state index contributed by atoms with van der Waals surface area (Å²) in [5.41, 5.74) is 3.60. The van der Waals surface area contributed by atoms with Gasteiger partial charge in [0.2, 0.25) is 0 Å². The van der Waals surface area contributed by atoms with Gasteiger partial charge in [-0.3, -0.25) is 0 Å². The van der Waals surface area contributed by atoms with Gasteiger partial charge in [-0.2, -0.15) is 0 Å². The van der Waals surface area contributed by atoms with Gasteiger partial charge in [-0.1, -0.05) is 30.7 Å². The van der Waals surface area contributed by atoms with E-state index in [0.29, 0.717) is 5.71 Å². The van der Waals surface area contributed by atoms with Crippen molar-refractivity contribution in [3.63, 3.8) is 0 Å². The molecule has 14 heavy (non-hydrogen) atoms. The molecule has 70 valence electrons. The summed E-state index contributed by atoms with van der Waals surface area (Å²) in [6.45, 7) is 7.67. The first kappa shape index (κ1) is 10.3. The van der Waals surface area contributed by atoms with Crippen molar-refractivity contribution in [2.45, 2.75) is 13.8 Å². The van der Waals surface area contributed by atoms with Gasteiger partial charge in [0.15, 0.2) is 0 Å². The fraction of sp³-hybridized carbons (Fsp3) is 0.154. The van der Waals surface area contributed by atoms with E-state index in [1.54, 1.807) is 0 Å². The molecule has 1 aromatic carbocycles. The van der Waals surface area contributed by atoms with Gasteiger partial charge in [-0.05, 0) is 25.5 Å². The maximum atomic E-state index is 5.24.